The van der Waals surface area contributed by atoms with Crippen molar-refractivity contribution in [2.24, 2.45) is 0 Å². The van der Waals surface area contributed by atoms with Crippen LogP contribution in [-0.2, 0) is 23.1 Å². The maximum absolute atomic E-state index is 12.3. The molecule has 0 aliphatic heterocycles. The summed E-state index contributed by atoms with van der Waals surface area (Å²) in [4.78, 5) is 0. The molecule has 0 fully saturated rings. The van der Waals surface area contributed by atoms with Crippen LogP contribution in [0.2, 0.25) is 0 Å². The first kappa shape index (κ1) is 16.6. The van der Waals surface area contributed by atoms with E-state index in [4.69, 9.17) is 0 Å². The van der Waals surface area contributed by atoms with E-state index in [0.29, 0.717) is 17.3 Å². The van der Waals surface area contributed by atoms with Gasteiger partial charge < -0.3 is 5.32 Å². The Kier molecular flexibility index (Phi) is 5.95. The zero-order valence-electron chi connectivity index (χ0n) is 12.2. The molecule has 0 amide bonds. The molecule has 2 aromatic heterocycles. The second-order valence-electron chi connectivity index (χ2n) is 4.86. The Balaban J connectivity index is 1.97. The van der Waals surface area contributed by atoms with Crippen LogP contribution in [0.4, 0.5) is 0 Å². The van der Waals surface area contributed by atoms with Crippen molar-refractivity contribution in [1.29, 1.82) is 0 Å². The third-order valence-electron chi connectivity index (χ3n) is 3.06. The molecule has 0 bridgehead atoms. The van der Waals surface area contributed by atoms with Crippen molar-refractivity contribution in [3.8, 4) is 0 Å². The maximum Gasteiger partial charge on any atom is 0.250 e. The molecule has 0 aliphatic rings. The highest BCUT2D eigenvalue weighted by Gasteiger charge is 2.17. The van der Waals surface area contributed by atoms with Gasteiger partial charge in [-0.3, -0.25) is 0 Å². The third-order valence-corrected chi connectivity index (χ3v) is 6.86. The van der Waals surface area contributed by atoms with Crippen LogP contribution in [0.25, 0.3) is 0 Å². The third kappa shape index (κ3) is 4.62. The molecule has 116 valence electrons. The highest BCUT2D eigenvalue weighted by molar-refractivity contribution is 7.91. The number of rotatable bonds is 8. The van der Waals surface area contributed by atoms with E-state index in [9.17, 15) is 8.42 Å². The number of hydrogen-bond acceptors (Lipinski definition) is 5. The molecule has 0 aromatic carbocycles. The van der Waals surface area contributed by atoms with E-state index in [1.165, 1.54) is 11.3 Å². The normalized spacial score (nSPS) is 11.9. The molecular weight excluding hydrogens is 324 g/mol. The van der Waals surface area contributed by atoms with Crippen LogP contribution < -0.4 is 10.0 Å². The number of aryl methyl sites for hydroxylation is 1. The number of sulfonamides is 1. The van der Waals surface area contributed by atoms with Crippen molar-refractivity contribution in [3.05, 3.63) is 38.9 Å². The molecule has 2 aromatic rings. The van der Waals surface area contributed by atoms with Gasteiger partial charge in [0, 0.05) is 13.1 Å². The minimum Gasteiger partial charge on any atom is -0.313 e. The summed E-state index contributed by atoms with van der Waals surface area (Å²) in [6.07, 6.45) is 1.07. The fraction of sp³-hybridized carbons (Fsp3) is 0.429. The molecule has 2 N–H and O–H groups in total. The quantitative estimate of drug-likeness (QED) is 0.724. The molecule has 0 saturated heterocycles. The Bertz CT molecular complexity index is 674. The van der Waals surface area contributed by atoms with Gasteiger partial charge in [0.05, 0.1) is 0 Å². The minimum atomic E-state index is -3.42. The lowest BCUT2D eigenvalue weighted by Gasteiger charge is -2.04. The van der Waals surface area contributed by atoms with E-state index in [1.54, 1.807) is 17.4 Å². The average molecular weight is 345 g/mol. The number of thiophene rings is 2. The molecule has 2 heterocycles. The van der Waals surface area contributed by atoms with Crippen molar-refractivity contribution in [3.63, 3.8) is 0 Å². The lowest BCUT2D eigenvalue weighted by molar-refractivity contribution is 0.583. The van der Waals surface area contributed by atoms with E-state index in [2.05, 4.69) is 17.0 Å². The van der Waals surface area contributed by atoms with Gasteiger partial charge in [-0.25, -0.2) is 13.1 Å². The first-order valence-electron chi connectivity index (χ1n) is 6.82. The zero-order chi connectivity index (χ0) is 15.3. The zero-order valence-corrected chi connectivity index (χ0v) is 14.6. The Hall–Kier alpha value is -0.730. The Morgan fingerprint density at radius 1 is 1.19 bits per heavy atom. The summed E-state index contributed by atoms with van der Waals surface area (Å²) >= 11 is 2.86. The van der Waals surface area contributed by atoms with E-state index < -0.39 is 10.0 Å². The summed E-state index contributed by atoms with van der Waals surface area (Å²) in [5.74, 6) is 0. The molecule has 0 aliphatic carbocycles. The van der Waals surface area contributed by atoms with Gasteiger partial charge in [0.1, 0.15) is 4.21 Å². The summed E-state index contributed by atoms with van der Waals surface area (Å²) in [6, 6.07) is 1.75. The van der Waals surface area contributed by atoms with Gasteiger partial charge in [0.15, 0.2) is 0 Å². The number of nitrogens with one attached hydrogen (secondary N) is 2. The van der Waals surface area contributed by atoms with Gasteiger partial charge in [0.2, 0.25) is 10.0 Å². The standard InChI is InChI=1S/C14H20N2O2S3/c1-3-4-15-6-12-5-14(20-9-12)21(17,18)16-7-13-10-19-8-11(13)2/h5,8-10,15-16H,3-4,6-7H2,1-2H3. The highest BCUT2D eigenvalue weighted by Crippen LogP contribution is 2.21. The topological polar surface area (TPSA) is 58.2 Å². The fourth-order valence-corrected chi connectivity index (χ4v) is 4.93. The largest absolute Gasteiger partial charge is 0.313 e. The van der Waals surface area contributed by atoms with Crippen molar-refractivity contribution in [2.75, 3.05) is 6.54 Å². The van der Waals surface area contributed by atoms with Crippen molar-refractivity contribution in [2.45, 2.75) is 37.6 Å². The van der Waals surface area contributed by atoms with E-state index in [0.717, 1.165) is 29.7 Å². The Morgan fingerprint density at radius 2 is 2.00 bits per heavy atom. The average Bonchev–Trinajstić information content (AvgIpc) is 3.06. The van der Waals surface area contributed by atoms with Crippen LogP contribution in [0.1, 0.15) is 30.0 Å². The first-order valence-corrected chi connectivity index (χ1v) is 10.1. The summed E-state index contributed by atoms with van der Waals surface area (Å²) in [7, 11) is -3.42. The lowest BCUT2D eigenvalue weighted by atomic mass is 10.2. The molecule has 4 nitrogen and oxygen atoms in total. The molecule has 0 unspecified atom stereocenters. The lowest BCUT2D eigenvalue weighted by Crippen LogP contribution is -2.22. The SMILES string of the molecule is CCCNCc1csc(S(=O)(=O)NCc2cscc2C)c1. The Labute approximate surface area is 134 Å². The molecule has 21 heavy (non-hydrogen) atoms. The van der Waals surface area contributed by atoms with Crippen LogP contribution in [0.15, 0.2) is 26.4 Å². The van der Waals surface area contributed by atoms with Crippen LogP contribution in [0, 0.1) is 6.92 Å². The smallest absolute Gasteiger partial charge is 0.250 e. The van der Waals surface area contributed by atoms with Crippen molar-refractivity contribution < 1.29 is 8.42 Å². The monoisotopic (exact) mass is 344 g/mol. The second-order valence-corrected chi connectivity index (χ2v) is 8.50. The minimum absolute atomic E-state index is 0.346. The molecule has 7 heteroatoms. The predicted molar refractivity (Wildman–Crippen MR) is 89.4 cm³/mol. The molecular formula is C14H20N2O2S3. The highest BCUT2D eigenvalue weighted by atomic mass is 32.2. The molecule has 2 rings (SSSR count). The van der Waals surface area contributed by atoms with E-state index in [-0.39, 0.29) is 0 Å². The molecule has 0 atom stereocenters. The van der Waals surface area contributed by atoms with Crippen molar-refractivity contribution in [1.82, 2.24) is 10.0 Å². The van der Waals surface area contributed by atoms with Gasteiger partial charge in [0.25, 0.3) is 0 Å². The summed E-state index contributed by atoms with van der Waals surface area (Å²) in [6.45, 7) is 6.09. The summed E-state index contributed by atoms with van der Waals surface area (Å²) < 4.78 is 27.6. The van der Waals surface area contributed by atoms with Gasteiger partial charge >= 0.3 is 0 Å². The molecule has 0 saturated carbocycles. The Morgan fingerprint density at radius 3 is 2.67 bits per heavy atom. The maximum atomic E-state index is 12.3. The molecule has 0 radical (unpaired) electrons. The van der Waals surface area contributed by atoms with Crippen LogP contribution in [-0.4, -0.2) is 15.0 Å². The van der Waals surface area contributed by atoms with Gasteiger partial charge in [-0.2, -0.15) is 11.3 Å². The van der Waals surface area contributed by atoms with E-state index >= 15 is 0 Å². The van der Waals surface area contributed by atoms with Gasteiger partial charge in [-0.15, -0.1) is 11.3 Å². The summed E-state index contributed by atoms with van der Waals surface area (Å²) in [5, 5.41) is 9.17. The first-order chi connectivity index (χ1) is 10.0. The number of hydrogen-bond donors (Lipinski definition) is 2. The molecule has 0 spiro atoms. The predicted octanol–water partition coefficient (Wildman–Crippen LogP) is 3.10. The van der Waals surface area contributed by atoms with Gasteiger partial charge in [-0.05, 0) is 58.8 Å². The fourth-order valence-electron chi connectivity index (χ4n) is 1.81. The van der Waals surface area contributed by atoms with Crippen LogP contribution in [0.3, 0.4) is 0 Å². The van der Waals surface area contributed by atoms with E-state index in [1.807, 2.05) is 23.1 Å². The van der Waals surface area contributed by atoms with Gasteiger partial charge in [-0.1, -0.05) is 6.92 Å². The summed E-state index contributed by atoms with van der Waals surface area (Å²) in [5.41, 5.74) is 3.17. The van der Waals surface area contributed by atoms with Crippen LogP contribution >= 0.6 is 22.7 Å². The van der Waals surface area contributed by atoms with Crippen molar-refractivity contribution >= 4 is 32.7 Å². The van der Waals surface area contributed by atoms with Crippen LogP contribution in [0.5, 0.6) is 0 Å². The second kappa shape index (κ2) is 7.51.